The van der Waals surface area contributed by atoms with Gasteiger partial charge in [0.05, 0.1) is 6.20 Å². The fourth-order valence-corrected chi connectivity index (χ4v) is 3.70. The van der Waals surface area contributed by atoms with E-state index in [2.05, 4.69) is 30.6 Å². The molecular formula is C20H23FN6O. The van der Waals surface area contributed by atoms with Crippen molar-refractivity contribution in [2.24, 2.45) is 0 Å². The number of H-pyrrole nitrogens is 1. The number of pyridine rings is 1. The van der Waals surface area contributed by atoms with Gasteiger partial charge in [0, 0.05) is 41.8 Å². The van der Waals surface area contributed by atoms with Gasteiger partial charge in [-0.05, 0) is 25.0 Å². The summed E-state index contributed by atoms with van der Waals surface area (Å²) in [5, 5.41) is 7.14. The van der Waals surface area contributed by atoms with Crippen LogP contribution < -0.4 is 10.6 Å². The maximum atomic E-state index is 14.4. The van der Waals surface area contributed by atoms with E-state index in [-0.39, 0.29) is 23.8 Å². The molecule has 0 unspecified atom stereocenters. The highest BCUT2D eigenvalue weighted by atomic mass is 19.1. The Bertz CT molecular complexity index is 988. The Balaban J connectivity index is 1.61. The highest BCUT2D eigenvalue weighted by Gasteiger charge is 2.27. The van der Waals surface area contributed by atoms with Crippen molar-refractivity contribution in [2.75, 3.05) is 5.32 Å². The number of rotatable bonds is 5. The minimum atomic E-state index is -0.507. The van der Waals surface area contributed by atoms with Crippen LogP contribution in [0.3, 0.4) is 0 Å². The average molecular weight is 382 g/mol. The van der Waals surface area contributed by atoms with Crippen LogP contribution in [-0.2, 0) is 4.79 Å². The summed E-state index contributed by atoms with van der Waals surface area (Å²) in [7, 11) is 0. The first-order valence-corrected chi connectivity index (χ1v) is 9.66. The number of aromatic amines is 1. The lowest BCUT2D eigenvalue weighted by molar-refractivity contribution is -0.121. The van der Waals surface area contributed by atoms with Crippen LogP contribution in [0.1, 0.15) is 39.0 Å². The minimum absolute atomic E-state index is 0.00819. The van der Waals surface area contributed by atoms with Gasteiger partial charge in [0.2, 0.25) is 5.91 Å². The monoisotopic (exact) mass is 382 g/mol. The zero-order valence-corrected chi connectivity index (χ0v) is 15.7. The molecule has 0 aromatic carbocycles. The minimum Gasteiger partial charge on any atom is -0.363 e. The molecule has 4 rings (SSSR count). The molecule has 8 heteroatoms. The number of carbonyl (C=O) groups is 1. The van der Waals surface area contributed by atoms with E-state index < -0.39 is 5.82 Å². The molecule has 1 saturated carbocycles. The number of hydrogen-bond acceptors (Lipinski definition) is 5. The Kier molecular flexibility index (Phi) is 5.18. The van der Waals surface area contributed by atoms with Gasteiger partial charge in [-0.25, -0.2) is 19.3 Å². The van der Waals surface area contributed by atoms with Crippen molar-refractivity contribution in [1.82, 2.24) is 25.3 Å². The van der Waals surface area contributed by atoms with Gasteiger partial charge in [-0.15, -0.1) is 0 Å². The fraction of sp³-hybridized carbons (Fsp3) is 0.400. The van der Waals surface area contributed by atoms with E-state index in [0.717, 1.165) is 42.3 Å². The molecule has 1 fully saturated rings. The third-order valence-electron chi connectivity index (χ3n) is 5.19. The van der Waals surface area contributed by atoms with E-state index in [4.69, 9.17) is 0 Å². The molecule has 0 radical (unpaired) electrons. The molecule has 146 valence electrons. The molecule has 0 spiro atoms. The third kappa shape index (κ3) is 3.67. The number of halogens is 1. The molecule has 2 atom stereocenters. The normalized spacial score (nSPS) is 19.5. The molecule has 0 aliphatic heterocycles. The van der Waals surface area contributed by atoms with Crippen molar-refractivity contribution >= 4 is 22.8 Å². The summed E-state index contributed by atoms with van der Waals surface area (Å²) in [6.07, 6.45) is 8.90. The fourth-order valence-electron chi connectivity index (χ4n) is 3.70. The van der Waals surface area contributed by atoms with Gasteiger partial charge in [0.25, 0.3) is 0 Å². The van der Waals surface area contributed by atoms with Crippen LogP contribution in [-0.4, -0.2) is 37.9 Å². The quantitative estimate of drug-likeness (QED) is 0.628. The van der Waals surface area contributed by atoms with Crippen LogP contribution in [0.15, 0.2) is 30.7 Å². The van der Waals surface area contributed by atoms with E-state index in [1.807, 2.05) is 19.1 Å². The summed E-state index contributed by atoms with van der Waals surface area (Å²) < 4.78 is 14.4. The maximum absolute atomic E-state index is 14.4. The first kappa shape index (κ1) is 18.3. The summed E-state index contributed by atoms with van der Waals surface area (Å²) in [4.78, 5) is 27.8. The summed E-state index contributed by atoms with van der Waals surface area (Å²) in [6.45, 7) is 1.83. The number of fused-ring (bicyclic) bond motifs is 1. The number of nitrogens with zero attached hydrogens (tertiary/aromatic N) is 3. The Morgan fingerprint density at radius 2 is 2.11 bits per heavy atom. The molecule has 0 bridgehead atoms. The lowest BCUT2D eigenvalue weighted by Crippen LogP contribution is -2.48. The Labute approximate surface area is 162 Å². The van der Waals surface area contributed by atoms with Gasteiger partial charge in [0.1, 0.15) is 5.65 Å². The molecule has 0 saturated heterocycles. The molecule has 7 nitrogen and oxygen atoms in total. The van der Waals surface area contributed by atoms with Crippen LogP contribution in [0.4, 0.5) is 10.2 Å². The van der Waals surface area contributed by atoms with Crippen molar-refractivity contribution in [1.29, 1.82) is 0 Å². The molecule has 1 amide bonds. The van der Waals surface area contributed by atoms with E-state index in [0.29, 0.717) is 12.2 Å². The first-order valence-electron chi connectivity index (χ1n) is 9.66. The Morgan fingerprint density at radius 3 is 2.93 bits per heavy atom. The number of hydrogen-bond donors (Lipinski definition) is 3. The number of carbonyl (C=O) groups excluding carboxylic acids is 1. The van der Waals surface area contributed by atoms with Crippen molar-refractivity contribution in [3.63, 3.8) is 0 Å². The second kappa shape index (κ2) is 7.92. The molecule has 3 N–H and O–H groups in total. The number of nitrogens with one attached hydrogen (secondary N) is 3. The lowest BCUT2D eigenvalue weighted by atomic mass is 9.90. The topological polar surface area (TPSA) is 95.6 Å². The SMILES string of the molecule is CCC(=O)N[C@@H]1CCCC[C@@H]1Nc1nc(-c2c[nH]c3ncccc23)ncc1F. The molecule has 1 aliphatic rings. The van der Waals surface area contributed by atoms with Crippen LogP contribution >= 0.6 is 0 Å². The lowest BCUT2D eigenvalue weighted by Gasteiger charge is -2.33. The molecular weight excluding hydrogens is 359 g/mol. The maximum Gasteiger partial charge on any atom is 0.220 e. The van der Waals surface area contributed by atoms with E-state index >= 15 is 0 Å². The Morgan fingerprint density at radius 1 is 1.29 bits per heavy atom. The second-order valence-corrected chi connectivity index (χ2v) is 7.05. The second-order valence-electron chi connectivity index (χ2n) is 7.05. The van der Waals surface area contributed by atoms with Gasteiger partial charge in [-0.3, -0.25) is 4.79 Å². The first-order chi connectivity index (χ1) is 13.7. The third-order valence-corrected chi connectivity index (χ3v) is 5.19. The number of anilines is 1. The molecule has 1 aliphatic carbocycles. The smallest absolute Gasteiger partial charge is 0.220 e. The van der Waals surface area contributed by atoms with Crippen LogP contribution in [0, 0.1) is 5.82 Å². The van der Waals surface area contributed by atoms with Gasteiger partial charge >= 0.3 is 0 Å². The highest BCUT2D eigenvalue weighted by Crippen LogP contribution is 2.27. The van der Waals surface area contributed by atoms with Crippen LogP contribution in [0.5, 0.6) is 0 Å². The van der Waals surface area contributed by atoms with Crippen molar-refractivity contribution in [2.45, 2.75) is 51.1 Å². The van der Waals surface area contributed by atoms with E-state index in [1.54, 1.807) is 12.4 Å². The van der Waals surface area contributed by atoms with Crippen LogP contribution in [0.25, 0.3) is 22.4 Å². The van der Waals surface area contributed by atoms with Gasteiger partial charge in [-0.2, -0.15) is 0 Å². The van der Waals surface area contributed by atoms with E-state index in [1.165, 1.54) is 6.20 Å². The standard InChI is InChI=1S/C20H23FN6O/c1-2-17(28)25-15-7-3-4-8-16(15)26-20-14(21)11-24-19(27-20)13-10-23-18-12(13)6-5-9-22-18/h5-6,9-11,15-16H,2-4,7-8H2,1H3,(H,22,23)(H,25,28)(H,24,26,27)/t15-,16+/m1/s1. The highest BCUT2D eigenvalue weighted by molar-refractivity contribution is 5.91. The zero-order chi connectivity index (χ0) is 19.5. The predicted octanol–water partition coefficient (Wildman–Crippen LogP) is 3.41. The zero-order valence-electron chi connectivity index (χ0n) is 15.7. The molecule has 3 aromatic heterocycles. The van der Waals surface area contributed by atoms with Crippen molar-refractivity contribution < 1.29 is 9.18 Å². The summed E-state index contributed by atoms with van der Waals surface area (Å²) >= 11 is 0. The van der Waals surface area contributed by atoms with E-state index in [9.17, 15) is 9.18 Å². The summed E-state index contributed by atoms with van der Waals surface area (Å²) in [5.41, 5.74) is 1.50. The number of aromatic nitrogens is 4. The molecule has 28 heavy (non-hydrogen) atoms. The Hall–Kier alpha value is -3.03. The van der Waals surface area contributed by atoms with Crippen molar-refractivity contribution in [3.05, 3.63) is 36.5 Å². The van der Waals surface area contributed by atoms with Gasteiger partial charge in [0.15, 0.2) is 17.5 Å². The average Bonchev–Trinajstić information content (AvgIpc) is 3.15. The predicted molar refractivity (Wildman–Crippen MR) is 105 cm³/mol. The summed E-state index contributed by atoms with van der Waals surface area (Å²) in [5.74, 6) is 0.0840. The number of amides is 1. The molecule has 3 heterocycles. The molecule has 3 aromatic rings. The van der Waals surface area contributed by atoms with Crippen LogP contribution in [0.2, 0.25) is 0 Å². The summed E-state index contributed by atoms with van der Waals surface area (Å²) in [6, 6.07) is 3.67. The van der Waals surface area contributed by atoms with Gasteiger partial charge in [-0.1, -0.05) is 19.8 Å². The van der Waals surface area contributed by atoms with Crippen molar-refractivity contribution in [3.8, 4) is 11.4 Å². The largest absolute Gasteiger partial charge is 0.363 e. The van der Waals surface area contributed by atoms with Gasteiger partial charge < -0.3 is 15.6 Å².